The highest BCUT2D eigenvalue weighted by molar-refractivity contribution is 6.34. The van der Waals surface area contributed by atoms with E-state index in [4.69, 9.17) is 27.9 Å². The van der Waals surface area contributed by atoms with Gasteiger partial charge in [-0.1, -0.05) is 35.3 Å². The van der Waals surface area contributed by atoms with E-state index in [0.29, 0.717) is 15.6 Å². The molecule has 0 fully saturated rings. The van der Waals surface area contributed by atoms with E-state index in [-0.39, 0.29) is 18.0 Å². The van der Waals surface area contributed by atoms with E-state index in [1.807, 2.05) is 0 Å². The predicted octanol–water partition coefficient (Wildman–Crippen LogP) is 4.10. The quantitative estimate of drug-likeness (QED) is 0.435. The Hall–Kier alpha value is -2.90. The summed E-state index contributed by atoms with van der Waals surface area (Å²) in [7, 11) is 0. The fourth-order valence-corrected chi connectivity index (χ4v) is 2.19. The van der Waals surface area contributed by atoms with Gasteiger partial charge in [0, 0.05) is 23.4 Å². The first kappa shape index (κ1) is 19.4. The summed E-state index contributed by atoms with van der Waals surface area (Å²) in [6.07, 6.45) is 4.27. The van der Waals surface area contributed by atoms with Gasteiger partial charge in [-0.25, -0.2) is 5.43 Å². The van der Waals surface area contributed by atoms with Crippen molar-refractivity contribution in [3.8, 4) is 5.75 Å². The Morgan fingerprint density at radius 1 is 1.27 bits per heavy atom. The third-order valence-electron chi connectivity index (χ3n) is 3.01. The van der Waals surface area contributed by atoms with Crippen LogP contribution in [0.1, 0.15) is 5.56 Å². The van der Waals surface area contributed by atoms with Crippen LogP contribution in [0.15, 0.2) is 53.6 Å². The summed E-state index contributed by atoms with van der Waals surface area (Å²) >= 11 is 11.7. The maximum atomic E-state index is 11.6. The number of hydrazone groups is 1. The van der Waals surface area contributed by atoms with E-state index in [1.54, 1.807) is 30.3 Å². The van der Waals surface area contributed by atoms with Gasteiger partial charge in [0.2, 0.25) is 0 Å². The van der Waals surface area contributed by atoms with Gasteiger partial charge in [0.1, 0.15) is 5.75 Å². The number of hydrogen-bond acceptors (Lipinski definition) is 5. The Kier molecular flexibility index (Phi) is 7.13. The minimum absolute atomic E-state index is 0.0204. The monoisotopic (exact) mass is 393 g/mol. The molecule has 2 rings (SSSR count). The molecule has 0 aliphatic rings. The lowest BCUT2D eigenvalue weighted by Crippen LogP contribution is -2.24. The molecule has 1 N–H and O–H groups in total. The zero-order chi connectivity index (χ0) is 18.9. The molecule has 0 heterocycles. The maximum Gasteiger partial charge on any atom is 0.277 e. The van der Waals surface area contributed by atoms with Crippen molar-refractivity contribution in [1.29, 1.82) is 0 Å². The minimum atomic E-state index is -0.503. The molecule has 2 aromatic rings. The molecule has 2 aromatic carbocycles. The lowest BCUT2D eigenvalue weighted by atomic mass is 10.2. The first-order chi connectivity index (χ1) is 12.5. The number of nitro benzene ring substituents is 1. The Bertz CT molecular complexity index is 869. The van der Waals surface area contributed by atoms with E-state index in [9.17, 15) is 14.9 Å². The van der Waals surface area contributed by atoms with Crippen LogP contribution in [-0.2, 0) is 4.79 Å². The average Bonchev–Trinajstić information content (AvgIpc) is 2.62. The third-order valence-corrected chi connectivity index (χ3v) is 3.56. The van der Waals surface area contributed by atoms with Crippen molar-refractivity contribution in [3.63, 3.8) is 0 Å². The van der Waals surface area contributed by atoms with E-state index in [1.165, 1.54) is 30.5 Å². The number of rotatable bonds is 7. The third kappa shape index (κ3) is 5.87. The van der Waals surface area contributed by atoms with Crippen LogP contribution in [0.2, 0.25) is 10.0 Å². The Morgan fingerprint density at radius 2 is 2.04 bits per heavy atom. The number of amides is 1. The number of halogens is 2. The fraction of sp³-hybridized carbons (Fsp3) is 0.0588. The molecule has 26 heavy (non-hydrogen) atoms. The number of nitro groups is 1. The number of nitrogens with zero attached hydrogens (tertiary/aromatic N) is 2. The standard InChI is InChI=1S/C17H13Cl2N3O4/c18-13-7-8-14(19)16(10-13)26-11-17(23)21-20-9-3-5-12-4-1-2-6-15(12)22(24)25/h1-10H,11H2,(H,21,23)/b5-3+,20-9+. The molecule has 0 unspecified atom stereocenters. The fourth-order valence-electron chi connectivity index (χ4n) is 1.86. The van der Waals surface area contributed by atoms with Gasteiger partial charge >= 0.3 is 0 Å². The summed E-state index contributed by atoms with van der Waals surface area (Å²) in [5.41, 5.74) is 2.66. The summed E-state index contributed by atoms with van der Waals surface area (Å²) in [4.78, 5) is 22.1. The van der Waals surface area contributed by atoms with Crippen molar-refractivity contribution in [2.75, 3.05) is 6.61 Å². The molecule has 0 aliphatic carbocycles. The number of hydrogen-bond donors (Lipinski definition) is 1. The number of nitrogens with one attached hydrogen (secondary N) is 1. The van der Waals surface area contributed by atoms with Crippen molar-refractivity contribution >= 4 is 47.1 Å². The topological polar surface area (TPSA) is 93.8 Å². The van der Waals surface area contributed by atoms with Gasteiger partial charge in [0.05, 0.1) is 15.5 Å². The number of carbonyl (C=O) groups is 1. The van der Waals surface area contributed by atoms with Crippen molar-refractivity contribution < 1.29 is 14.5 Å². The molecule has 9 heteroatoms. The largest absolute Gasteiger partial charge is 0.482 e. The molecule has 7 nitrogen and oxygen atoms in total. The second-order valence-corrected chi connectivity index (χ2v) is 5.70. The van der Waals surface area contributed by atoms with E-state index >= 15 is 0 Å². The maximum absolute atomic E-state index is 11.6. The summed E-state index contributed by atoms with van der Waals surface area (Å²) in [6.45, 7) is -0.300. The summed E-state index contributed by atoms with van der Waals surface area (Å²) in [5, 5.41) is 15.3. The van der Waals surface area contributed by atoms with Gasteiger partial charge in [0.25, 0.3) is 11.6 Å². The highest BCUT2D eigenvalue weighted by atomic mass is 35.5. The van der Waals surface area contributed by atoms with Crippen LogP contribution in [0.4, 0.5) is 5.69 Å². The van der Waals surface area contributed by atoms with Crippen LogP contribution in [0.3, 0.4) is 0 Å². The van der Waals surface area contributed by atoms with Gasteiger partial charge in [-0.05, 0) is 30.4 Å². The molecular formula is C17H13Cl2N3O4. The Morgan fingerprint density at radius 3 is 2.81 bits per heavy atom. The molecule has 0 bridgehead atoms. The normalized spacial score (nSPS) is 11.0. The van der Waals surface area contributed by atoms with Gasteiger partial charge in [0.15, 0.2) is 6.61 Å². The molecule has 134 valence electrons. The molecule has 0 saturated heterocycles. The Labute approximate surface area is 159 Å². The molecule has 0 saturated carbocycles. The zero-order valence-corrected chi connectivity index (χ0v) is 14.8. The molecular weight excluding hydrogens is 381 g/mol. The smallest absolute Gasteiger partial charge is 0.277 e. The molecule has 0 atom stereocenters. The summed E-state index contributed by atoms with van der Waals surface area (Å²) in [5.74, 6) is -0.217. The Balaban J connectivity index is 1.84. The van der Waals surface area contributed by atoms with E-state index in [2.05, 4.69) is 10.5 Å². The van der Waals surface area contributed by atoms with Crippen molar-refractivity contribution in [2.24, 2.45) is 5.10 Å². The van der Waals surface area contributed by atoms with Gasteiger partial charge in [-0.15, -0.1) is 0 Å². The SMILES string of the molecule is O=C(COc1cc(Cl)ccc1Cl)N/N=C/C=C/c1ccccc1[N+](=O)[O-]. The zero-order valence-electron chi connectivity index (χ0n) is 13.3. The number of ether oxygens (including phenoxy) is 1. The highest BCUT2D eigenvalue weighted by Gasteiger charge is 2.08. The number of allylic oxidation sites excluding steroid dienone is 1. The van der Waals surface area contributed by atoms with Crippen molar-refractivity contribution in [1.82, 2.24) is 5.43 Å². The van der Waals surface area contributed by atoms with Crippen LogP contribution in [-0.4, -0.2) is 23.7 Å². The van der Waals surface area contributed by atoms with Gasteiger partial charge < -0.3 is 4.74 Å². The molecule has 1 amide bonds. The summed E-state index contributed by atoms with van der Waals surface area (Å²) in [6, 6.07) is 10.9. The molecule has 0 radical (unpaired) electrons. The second kappa shape index (κ2) is 9.55. The lowest BCUT2D eigenvalue weighted by Gasteiger charge is -2.06. The van der Waals surface area contributed by atoms with Crippen LogP contribution in [0.5, 0.6) is 5.75 Å². The van der Waals surface area contributed by atoms with Crippen molar-refractivity contribution in [2.45, 2.75) is 0 Å². The van der Waals surface area contributed by atoms with Gasteiger partial charge in [-0.3, -0.25) is 14.9 Å². The van der Waals surface area contributed by atoms with Crippen molar-refractivity contribution in [3.05, 3.63) is 74.3 Å². The first-order valence-electron chi connectivity index (χ1n) is 7.27. The number of benzene rings is 2. The van der Waals surface area contributed by atoms with Crippen LogP contribution < -0.4 is 10.2 Å². The number of carbonyl (C=O) groups excluding carboxylic acids is 1. The molecule has 0 spiro atoms. The van der Waals surface area contributed by atoms with Crippen LogP contribution in [0.25, 0.3) is 6.08 Å². The second-order valence-electron chi connectivity index (χ2n) is 4.85. The lowest BCUT2D eigenvalue weighted by molar-refractivity contribution is -0.385. The van der Waals surface area contributed by atoms with Crippen LogP contribution in [0, 0.1) is 10.1 Å². The predicted molar refractivity (Wildman–Crippen MR) is 101 cm³/mol. The minimum Gasteiger partial charge on any atom is -0.482 e. The average molecular weight is 394 g/mol. The summed E-state index contributed by atoms with van der Waals surface area (Å²) < 4.78 is 5.25. The van der Waals surface area contributed by atoms with Gasteiger partial charge in [-0.2, -0.15) is 5.10 Å². The molecule has 0 aromatic heterocycles. The van der Waals surface area contributed by atoms with E-state index in [0.717, 1.165) is 0 Å². The molecule has 0 aliphatic heterocycles. The highest BCUT2D eigenvalue weighted by Crippen LogP contribution is 2.27. The first-order valence-corrected chi connectivity index (χ1v) is 8.03. The number of para-hydroxylation sites is 1. The van der Waals surface area contributed by atoms with E-state index < -0.39 is 10.8 Å². The van der Waals surface area contributed by atoms with Crippen LogP contribution >= 0.6 is 23.2 Å².